The second-order valence-corrected chi connectivity index (χ2v) is 7.76. The SMILES string of the molecule is Cc1c(Cl)cccc1NS(=O)(=O)c1cccc(C(=O)NC(C)C)c1. The van der Waals surface area contributed by atoms with Gasteiger partial charge in [0.1, 0.15) is 0 Å². The highest BCUT2D eigenvalue weighted by atomic mass is 35.5. The Balaban J connectivity index is 2.33. The second kappa shape index (κ2) is 7.23. The molecular formula is C17H19ClN2O3S. The number of halogens is 1. The third-order valence-electron chi connectivity index (χ3n) is 3.34. The Morgan fingerprint density at radius 1 is 1.12 bits per heavy atom. The molecule has 2 N–H and O–H groups in total. The van der Waals surface area contributed by atoms with Crippen molar-refractivity contribution in [2.45, 2.75) is 31.7 Å². The fraction of sp³-hybridized carbons (Fsp3) is 0.235. The number of sulfonamides is 1. The molecule has 0 saturated carbocycles. The first-order valence-electron chi connectivity index (χ1n) is 7.39. The van der Waals surface area contributed by atoms with Crippen LogP contribution in [-0.2, 0) is 10.0 Å². The molecule has 2 rings (SSSR count). The van der Waals surface area contributed by atoms with Crippen LogP contribution in [0.3, 0.4) is 0 Å². The largest absolute Gasteiger partial charge is 0.350 e. The van der Waals surface area contributed by atoms with Gasteiger partial charge in [-0.3, -0.25) is 9.52 Å². The lowest BCUT2D eigenvalue weighted by atomic mass is 10.2. The van der Waals surface area contributed by atoms with Gasteiger partial charge >= 0.3 is 0 Å². The van der Waals surface area contributed by atoms with Crippen molar-refractivity contribution in [3.63, 3.8) is 0 Å². The van der Waals surface area contributed by atoms with E-state index < -0.39 is 10.0 Å². The van der Waals surface area contributed by atoms with Crippen molar-refractivity contribution < 1.29 is 13.2 Å². The summed E-state index contributed by atoms with van der Waals surface area (Å²) in [4.78, 5) is 12.1. The lowest BCUT2D eigenvalue weighted by Crippen LogP contribution is -2.30. The smallest absolute Gasteiger partial charge is 0.261 e. The number of benzene rings is 2. The summed E-state index contributed by atoms with van der Waals surface area (Å²) in [5, 5.41) is 3.20. The highest BCUT2D eigenvalue weighted by molar-refractivity contribution is 7.92. The summed E-state index contributed by atoms with van der Waals surface area (Å²) in [6, 6.07) is 10.8. The topological polar surface area (TPSA) is 75.3 Å². The van der Waals surface area contributed by atoms with Gasteiger partial charge in [-0.2, -0.15) is 0 Å². The van der Waals surface area contributed by atoms with Gasteiger partial charge in [0.25, 0.3) is 15.9 Å². The molecule has 0 radical (unpaired) electrons. The third kappa shape index (κ3) is 4.27. The molecule has 0 aromatic heterocycles. The molecular weight excluding hydrogens is 348 g/mol. The molecule has 5 nitrogen and oxygen atoms in total. The monoisotopic (exact) mass is 366 g/mol. The lowest BCUT2D eigenvalue weighted by molar-refractivity contribution is 0.0943. The number of nitrogens with one attached hydrogen (secondary N) is 2. The summed E-state index contributed by atoms with van der Waals surface area (Å²) in [6.45, 7) is 5.40. The van der Waals surface area contributed by atoms with E-state index in [0.29, 0.717) is 16.3 Å². The molecule has 0 atom stereocenters. The van der Waals surface area contributed by atoms with E-state index in [0.717, 1.165) is 0 Å². The number of carbonyl (C=O) groups excluding carboxylic acids is 1. The predicted molar refractivity (Wildman–Crippen MR) is 96.0 cm³/mol. The molecule has 0 heterocycles. The van der Waals surface area contributed by atoms with Crippen LogP contribution in [0.1, 0.15) is 29.8 Å². The Labute approximate surface area is 147 Å². The van der Waals surface area contributed by atoms with Gasteiger partial charge in [0.05, 0.1) is 10.6 Å². The van der Waals surface area contributed by atoms with Gasteiger partial charge in [-0.1, -0.05) is 23.7 Å². The maximum atomic E-state index is 12.6. The van der Waals surface area contributed by atoms with Gasteiger partial charge in [-0.05, 0) is 56.7 Å². The molecule has 128 valence electrons. The first-order valence-corrected chi connectivity index (χ1v) is 9.25. The van der Waals surface area contributed by atoms with Crippen LogP contribution < -0.4 is 10.0 Å². The summed E-state index contributed by atoms with van der Waals surface area (Å²) in [5.41, 5.74) is 1.32. The summed E-state index contributed by atoms with van der Waals surface area (Å²) in [7, 11) is -3.83. The van der Waals surface area contributed by atoms with Crippen molar-refractivity contribution in [1.82, 2.24) is 5.32 Å². The molecule has 24 heavy (non-hydrogen) atoms. The van der Waals surface area contributed by atoms with Crippen molar-refractivity contribution in [3.05, 3.63) is 58.6 Å². The molecule has 0 aliphatic heterocycles. The van der Waals surface area contributed by atoms with Crippen LogP contribution in [0.15, 0.2) is 47.4 Å². The molecule has 0 aliphatic rings. The summed E-state index contributed by atoms with van der Waals surface area (Å²) >= 11 is 6.02. The van der Waals surface area contributed by atoms with Crippen LogP contribution in [-0.4, -0.2) is 20.4 Å². The maximum absolute atomic E-state index is 12.6. The molecule has 2 aromatic carbocycles. The zero-order valence-electron chi connectivity index (χ0n) is 13.6. The zero-order chi connectivity index (χ0) is 17.9. The van der Waals surface area contributed by atoms with Crippen molar-refractivity contribution in [1.29, 1.82) is 0 Å². The van der Waals surface area contributed by atoms with Gasteiger partial charge in [-0.15, -0.1) is 0 Å². The molecule has 1 amide bonds. The third-order valence-corrected chi connectivity index (χ3v) is 5.11. The normalized spacial score (nSPS) is 11.4. The average molecular weight is 367 g/mol. The van der Waals surface area contributed by atoms with Crippen LogP contribution in [0.4, 0.5) is 5.69 Å². The molecule has 0 saturated heterocycles. The Morgan fingerprint density at radius 3 is 2.46 bits per heavy atom. The number of amides is 1. The minimum atomic E-state index is -3.83. The van der Waals surface area contributed by atoms with E-state index in [1.54, 1.807) is 31.2 Å². The van der Waals surface area contributed by atoms with E-state index in [-0.39, 0.29) is 22.4 Å². The van der Waals surface area contributed by atoms with E-state index in [1.165, 1.54) is 18.2 Å². The fourth-order valence-corrected chi connectivity index (χ4v) is 3.41. The van der Waals surface area contributed by atoms with E-state index in [4.69, 9.17) is 11.6 Å². The lowest BCUT2D eigenvalue weighted by Gasteiger charge is -2.13. The minimum Gasteiger partial charge on any atom is -0.350 e. The van der Waals surface area contributed by atoms with Crippen molar-refractivity contribution >= 4 is 33.2 Å². The first kappa shape index (κ1) is 18.3. The van der Waals surface area contributed by atoms with Crippen LogP contribution in [0.2, 0.25) is 5.02 Å². The van der Waals surface area contributed by atoms with E-state index in [9.17, 15) is 13.2 Å². The van der Waals surface area contributed by atoms with Gasteiger partial charge in [-0.25, -0.2) is 8.42 Å². The quantitative estimate of drug-likeness (QED) is 0.849. The van der Waals surface area contributed by atoms with Crippen LogP contribution in [0, 0.1) is 6.92 Å². The summed E-state index contributed by atoms with van der Waals surface area (Å²) < 4.78 is 27.7. The minimum absolute atomic E-state index is 0.0123. The number of carbonyl (C=O) groups is 1. The Bertz CT molecular complexity index is 864. The maximum Gasteiger partial charge on any atom is 0.261 e. The molecule has 0 bridgehead atoms. The van der Waals surface area contributed by atoms with Gasteiger partial charge < -0.3 is 5.32 Å². The number of rotatable bonds is 5. The van der Waals surface area contributed by atoms with E-state index in [1.807, 2.05) is 13.8 Å². The molecule has 2 aromatic rings. The standard InChI is InChI=1S/C17H19ClN2O3S/c1-11(2)19-17(21)13-6-4-7-14(10-13)24(22,23)20-16-9-5-8-15(18)12(16)3/h4-11,20H,1-3H3,(H,19,21). The zero-order valence-corrected chi connectivity index (χ0v) is 15.2. The Hall–Kier alpha value is -2.05. The van der Waals surface area contributed by atoms with Gasteiger partial charge in [0, 0.05) is 16.6 Å². The van der Waals surface area contributed by atoms with Crippen LogP contribution >= 0.6 is 11.6 Å². The van der Waals surface area contributed by atoms with E-state index in [2.05, 4.69) is 10.0 Å². The number of hydrogen-bond acceptors (Lipinski definition) is 3. The number of hydrogen-bond donors (Lipinski definition) is 2. The number of anilines is 1. The van der Waals surface area contributed by atoms with Gasteiger partial charge in [0.15, 0.2) is 0 Å². The molecule has 0 aliphatic carbocycles. The molecule has 0 unspecified atom stereocenters. The summed E-state index contributed by atoms with van der Waals surface area (Å²) in [6.07, 6.45) is 0. The Morgan fingerprint density at radius 2 is 1.79 bits per heavy atom. The van der Waals surface area contributed by atoms with Crippen LogP contribution in [0.25, 0.3) is 0 Å². The highest BCUT2D eigenvalue weighted by Crippen LogP contribution is 2.25. The second-order valence-electron chi connectivity index (χ2n) is 5.67. The first-order chi connectivity index (χ1) is 11.2. The van der Waals surface area contributed by atoms with Gasteiger partial charge in [0.2, 0.25) is 0 Å². The molecule has 0 fully saturated rings. The van der Waals surface area contributed by atoms with Crippen molar-refractivity contribution in [2.75, 3.05) is 4.72 Å². The highest BCUT2D eigenvalue weighted by Gasteiger charge is 2.18. The van der Waals surface area contributed by atoms with Crippen molar-refractivity contribution in [3.8, 4) is 0 Å². The Kier molecular flexibility index (Phi) is 5.51. The van der Waals surface area contributed by atoms with Crippen LogP contribution in [0.5, 0.6) is 0 Å². The molecule has 7 heteroatoms. The summed E-state index contributed by atoms with van der Waals surface area (Å²) in [5.74, 6) is -0.319. The van der Waals surface area contributed by atoms with E-state index >= 15 is 0 Å². The van der Waals surface area contributed by atoms with Crippen molar-refractivity contribution in [2.24, 2.45) is 0 Å². The fourth-order valence-electron chi connectivity index (χ4n) is 2.07. The molecule has 0 spiro atoms. The predicted octanol–water partition coefficient (Wildman–Crippen LogP) is 3.59. The average Bonchev–Trinajstić information content (AvgIpc) is 2.51.